The molecule has 0 radical (unpaired) electrons. The molecule has 0 bridgehead atoms. The Hall–Kier alpha value is -0.660. The van der Waals surface area contributed by atoms with Gasteiger partial charge >= 0.3 is 0 Å². The molecule has 7 heteroatoms. The molecule has 1 aliphatic carbocycles. The summed E-state index contributed by atoms with van der Waals surface area (Å²) in [5.74, 6) is -0.245. The third kappa shape index (κ3) is 3.09. The van der Waals surface area contributed by atoms with Crippen LogP contribution in [-0.2, 0) is 10.0 Å². The second kappa shape index (κ2) is 4.71. The van der Waals surface area contributed by atoms with Crippen molar-refractivity contribution < 1.29 is 12.8 Å². The molecule has 0 saturated heterocycles. The summed E-state index contributed by atoms with van der Waals surface area (Å²) in [6.07, 6.45) is 2.02. The molecule has 0 unspecified atom stereocenters. The van der Waals surface area contributed by atoms with Crippen molar-refractivity contribution in [1.29, 1.82) is 0 Å². The van der Waals surface area contributed by atoms with Gasteiger partial charge in [-0.15, -0.1) is 0 Å². The minimum Gasteiger partial charge on any atom is -0.398 e. The summed E-state index contributed by atoms with van der Waals surface area (Å²) >= 11 is 2.97. The SMILES string of the molecule is CC(C)(NS(=O)(=O)c1cc(Br)c(F)cc1N)C1CC1. The molecule has 4 nitrogen and oxygen atoms in total. The zero-order valence-corrected chi connectivity index (χ0v) is 13.1. The van der Waals surface area contributed by atoms with Gasteiger partial charge in [-0.2, -0.15) is 0 Å². The van der Waals surface area contributed by atoms with Crippen molar-refractivity contribution >= 4 is 31.6 Å². The first-order valence-corrected chi connectivity index (χ1v) is 8.19. The average Bonchev–Trinajstić information content (AvgIpc) is 3.05. The maximum Gasteiger partial charge on any atom is 0.243 e. The lowest BCUT2D eigenvalue weighted by Crippen LogP contribution is -2.45. The molecule has 0 atom stereocenters. The summed E-state index contributed by atoms with van der Waals surface area (Å²) in [5.41, 5.74) is 4.99. The fraction of sp³-hybridized carbons (Fsp3) is 0.500. The van der Waals surface area contributed by atoms with Crippen LogP contribution in [-0.4, -0.2) is 14.0 Å². The molecule has 0 amide bonds. The van der Waals surface area contributed by atoms with E-state index in [1.165, 1.54) is 6.07 Å². The third-order valence-corrected chi connectivity index (χ3v) is 5.67. The largest absolute Gasteiger partial charge is 0.398 e. The van der Waals surface area contributed by atoms with Gasteiger partial charge in [-0.05, 0) is 60.7 Å². The molecule has 2 rings (SSSR count). The zero-order valence-electron chi connectivity index (χ0n) is 10.7. The van der Waals surface area contributed by atoms with Gasteiger partial charge in [-0.25, -0.2) is 17.5 Å². The van der Waals surface area contributed by atoms with Gasteiger partial charge in [0.05, 0.1) is 10.2 Å². The van der Waals surface area contributed by atoms with Crippen molar-refractivity contribution in [2.75, 3.05) is 5.73 Å². The summed E-state index contributed by atoms with van der Waals surface area (Å²) in [5, 5.41) is 0. The van der Waals surface area contributed by atoms with Gasteiger partial charge in [0.1, 0.15) is 10.7 Å². The van der Waals surface area contributed by atoms with E-state index in [1.54, 1.807) is 0 Å². The monoisotopic (exact) mass is 350 g/mol. The van der Waals surface area contributed by atoms with Crippen molar-refractivity contribution in [3.63, 3.8) is 0 Å². The highest BCUT2D eigenvalue weighted by atomic mass is 79.9. The number of sulfonamides is 1. The summed E-state index contributed by atoms with van der Waals surface area (Å²) < 4.78 is 40.7. The lowest BCUT2D eigenvalue weighted by molar-refractivity contribution is 0.400. The molecule has 1 aromatic carbocycles. The zero-order chi connectivity index (χ0) is 14.4. The molecule has 3 N–H and O–H groups in total. The van der Waals surface area contributed by atoms with E-state index in [0.29, 0.717) is 5.92 Å². The molecule has 0 heterocycles. The lowest BCUT2D eigenvalue weighted by atomic mass is 10.0. The van der Waals surface area contributed by atoms with Crippen molar-refractivity contribution in [3.05, 3.63) is 22.4 Å². The van der Waals surface area contributed by atoms with Crippen LogP contribution in [0.5, 0.6) is 0 Å². The Labute approximate surface area is 120 Å². The molecule has 106 valence electrons. The Morgan fingerprint density at radius 2 is 2.00 bits per heavy atom. The van der Waals surface area contributed by atoms with E-state index in [2.05, 4.69) is 20.7 Å². The van der Waals surface area contributed by atoms with Gasteiger partial charge in [0.15, 0.2) is 0 Å². The Bertz CT molecular complexity index is 612. The Kier molecular flexibility index (Phi) is 3.66. The van der Waals surface area contributed by atoms with Crippen LogP contribution >= 0.6 is 15.9 Å². The van der Waals surface area contributed by atoms with Crippen LogP contribution in [0.3, 0.4) is 0 Å². The Morgan fingerprint density at radius 3 is 2.53 bits per heavy atom. The first-order chi connectivity index (χ1) is 8.63. The number of rotatable bonds is 4. The van der Waals surface area contributed by atoms with Crippen LogP contribution < -0.4 is 10.5 Å². The quantitative estimate of drug-likeness (QED) is 0.820. The van der Waals surface area contributed by atoms with Crippen molar-refractivity contribution in [3.8, 4) is 0 Å². The van der Waals surface area contributed by atoms with Gasteiger partial charge in [-0.3, -0.25) is 0 Å². The highest BCUT2D eigenvalue weighted by Crippen LogP contribution is 2.40. The molecule has 0 aromatic heterocycles. The van der Waals surface area contributed by atoms with Gasteiger partial charge in [0.25, 0.3) is 0 Å². The molecule has 1 fully saturated rings. The number of hydrogen-bond acceptors (Lipinski definition) is 3. The third-order valence-electron chi connectivity index (χ3n) is 3.34. The van der Waals surface area contributed by atoms with Crippen LogP contribution in [0.1, 0.15) is 26.7 Å². The maximum absolute atomic E-state index is 13.3. The van der Waals surface area contributed by atoms with Gasteiger partial charge in [0, 0.05) is 5.54 Å². The fourth-order valence-electron chi connectivity index (χ4n) is 2.07. The highest BCUT2D eigenvalue weighted by molar-refractivity contribution is 9.10. The van der Waals surface area contributed by atoms with E-state index in [0.717, 1.165) is 18.9 Å². The number of halogens is 2. The van der Waals surface area contributed by atoms with Crippen molar-refractivity contribution in [2.24, 2.45) is 5.92 Å². The molecule has 1 aliphatic rings. The summed E-state index contributed by atoms with van der Waals surface area (Å²) in [4.78, 5) is -0.102. The average molecular weight is 351 g/mol. The number of nitrogens with two attached hydrogens (primary N) is 1. The molecule has 1 aromatic rings. The number of hydrogen-bond donors (Lipinski definition) is 2. The van der Waals surface area contributed by atoms with Crippen LogP contribution in [0.4, 0.5) is 10.1 Å². The number of nitrogens with one attached hydrogen (secondary N) is 1. The van der Waals surface area contributed by atoms with Crippen LogP contribution in [0.2, 0.25) is 0 Å². The number of anilines is 1. The van der Waals surface area contributed by atoms with Gasteiger partial charge < -0.3 is 5.73 Å². The predicted molar refractivity (Wildman–Crippen MR) is 75.6 cm³/mol. The molecular weight excluding hydrogens is 335 g/mol. The summed E-state index contributed by atoms with van der Waals surface area (Å²) in [6.45, 7) is 3.69. The van der Waals surface area contributed by atoms with Crippen molar-refractivity contribution in [1.82, 2.24) is 4.72 Å². The van der Waals surface area contributed by atoms with Gasteiger partial charge in [0.2, 0.25) is 10.0 Å². The molecule has 0 spiro atoms. The minimum absolute atomic E-state index is 0.0753. The molecule has 1 saturated carbocycles. The smallest absolute Gasteiger partial charge is 0.243 e. The second-order valence-corrected chi connectivity index (χ2v) is 7.91. The van der Waals surface area contributed by atoms with E-state index in [4.69, 9.17) is 5.73 Å². The number of benzene rings is 1. The van der Waals surface area contributed by atoms with E-state index >= 15 is 0 Å². The van der Waals surface area contributed by atoms with Crippen molar-refractivity contribution in [2.45, 2.75) is 37.1 Å². The normalized spacial score (nSPS) is 16.6. The molecule has 0 aliphatic heterocycles. The van der Waals surface area contributed by atoms with Crippen LogP contribution in [0.15, 0.2) is 21.5 Å². The standard InChI is InChI=1S/C12H16BrFN2O2S/c1-12(2,7-3-4-7)16-19(17,18)11-5-8(13)9(14)6-10(11)15/h5-7,16H,3-4,15H2,1-2H3. The molecule has 19 heavy (non-hydrogen) atoms. The number of nitrogen functional groups attached to an aromatic ring is 1. The second-order valence-electron chi connectivity index (χ2n) is 5.41. The van der Waals surface area contributed by atoms with E-state index in [9.17, 15) is 12.8 Å². The predicted octanol–water partition coefficient (Wildman–Crippen LogP) is 2.64. The van der Waals surface area contributed by atoms with Crippen LogP contribution in [0, 0.1) is 11.7 Å². The first kappa shape index (κ1) is 14.7. The van der Waals surface area contributed by atoms with E-state index < -0.39 is 21.4 Å². The minimum atomic E-state index is -3.76. The Morgan fingerprint density at radius 1 is 1.42 bits per heavy atom. The van der Waals surface area contributed by atoms with Crippen LogP contribution in [0.25, 0.3) is 0 Å². The van der Waals surface area contributed by atoms with E-state index in [1.807, 2.05) is 13.8 Å². The maximum atomic E-state index is 13.3. The van der Waals surface area contributed by atoms with E-state index in [-0.39, 0.29) is 15.1 Å². The lowest BCUT2D eigenvalue weighted by Gasteiger charge is -2.26. The topological polar surface area (TPSA) is 72.2 Å². The molecular formula is C12H16BrFN2O2S. The fourth-order valence-corrected chi connectivity index (χ4v) is 4.17. The highest BCUT2D eigenvalue weighted by Gasteiger charge is 2.41. The summed E-state index contributed by atoms with van der Waals surface area (Å²) in [6, 6.07) is 2.19. The van der Waals surface area contributed by atoms with Gasteiger partial charge in [-0.1, -0.05) is 0 Å². The summed E-state index contributed by atoms with van der Waals surface area (Å²) in [7, 11) is -3.76. The Balaban J connectivity index is 2.37. The first-order valence-electron chi connectivity index (χ1n) is 5.92.